The predicted octanol–water partition coefficient (Wildman–Crippen LogP) is 1.53. The zero-order chi connectivity index (χ0) is 9.42. The van der Waals surface area contributed by atoms with Crippen molar-refractivity contribution in [3.8, 4) is 0 Å². The van der Waals surface area contributed by atoms with Gasteiger partial charge in [0.2, 0.25) is 0 Å². The van der Waals surface area contributed by atoms with Crippen molar-refractivity contribution in [2.24, 2.45) is 11.8 Å². The van der Waals surface area contributed by atoms with E-state index in [4.69, 9.17) is 0 Å². The van der Waals surface area contributed by atoms with Crippen LogP contribution in [0.15, 0.2) is 0 Å². The quantitative estimate of drug-likeness (QED) is 0.597. The summed E-state index contributed by atoms with van der Waals surface area (Å²) >= 11 is 0. The molecule has 5 unspecified atom stereocenters. The van der Waals surface area contributed by atoms with Crippen LogP contribution in [0, 0.1) is 11.8 Å². The Balaban J connectivity index is 2.04. The molecular weight excluding hydrogens is 162 g/mol. The van der Waals surface area contributed by atoms with Crippen LogP contribution in [-0.4, -0.2) is 23.3 Å². The summed E-state index contributed by atoms with van der Waals surface area (Å²) < 4.78 is 0. The van der Waals surface area contributed by atoms with Gasteiger partial charge in [-0.1, -0.05) is 6.92 Å². The highest BCUT2D eigenvalue weighted by molar-refractivity contribution is 4.94. The van der Waals surface area contributed by atoms with Crippen molar-refractivity contribution in [3.63, 3.8) is 0 Å². The molecule has 76 valence electrons. The monoisotopic (exact) mass is 183 g/mol. The van der Waals surface area contributed by atoms with Gasteiger partial charge >= 0.3 is 0 Å². The van der Waals surface area contributed by atoms with Crippen molar-refractivity contribution in [1.29, 1.82) is 0 Å². The minimum Gasteiger partial charge on any atom is -0.393 e. The molecule has 0 aromatic rings. The van der Waals surface area contributed by atoms with Crippen LogP contribution in [0.25, 0.3) is 0 Å². The molecule has 2 rings (SSSR count). The number of hydrogen-bond acceptors (Lipinski definition) is 2. The highest BCUT2D eigenvalue weighted by Crippen LogP contribution is 2.34. The minimum absolute atomic E-state index is 0.0406. The number of aliphatic hydroxyl groups is 1. The summed E-state index contributed by atoms with van der Waals surface area (Å²) in [5.74, 6) is 1.24. The molecule has 0 bridgehead atoms. The molecule has 2 fully saturated rings. The molecule has 0 radical (unpaired) electrons. The van der Waals surface area contributed by atoms with Crippen molar-refractivity contribution in [2.75, 3.05) is 0 Å². The van der Waals surface area contributed by atoms with Gasteiger partial charge < -0.3 is 10.4 Å². The molecule has 1 aliphatic heterocycles. The number of fused-ring (bicyclic) bond motifs is 1. The third-order valence-corrected chi connectivity index (χ3v) is 4.00. The molecule has 2 N–H and O–H groups in total. The summed E-state index contributed by atoms with van der Waals surface area (Å²) in [6.07, 6.45) is 4.64. The first-order chi connectivity index (χ1) is 6.18. The van der Waals surface area contributed by atoms with Gasteiger partial charge in [-0.15, -0.1) is 0 Å². The molecule has 13 heavy (non-hydrogen) atoms. The third kappa shape index (κ3) is 1.75. The highest BCUT2D eigenvalue weighted by atomic mass is 16.3. The first kappa shape index (κ1) is 9.47. The SMILES string of the molecule is CC1CC2C(O)CCCC2NC1C. The van der Waals surface area contributed by atoms with Crippen molar-refractivity contribution in [3.05, 3.63) is 0 Å². The van der Waals surface area contributed by atoms with E-state index >= 15 is 0 Å². The molecule has 0 aromatic carbocycles. The molecule has 2 heteroatoms. The standard InChI is InChI=1S/C11H21NO/c1-7-6-9-10(12-8(7)2)4-3-5-11(9)13/h7-13H,3-6H2,1-2H3. The van der Waals surface area contributed by atoms with E-state index in [-0.39, 0.29) is 6.10 Å². The Morgan fingerprint density at radius 3 is 2.77 bits per heavy atom. The molecule has 0 spiro atoms. The van der Waals surface area contributed by atoms with E-state index in [2.05, 4.69) is 19.2 Å². The van der Waals surface area contributed by atoms with Crippen LogP contribution in [0.1, 0.15) is 39.5 Å². The molecule has 2 aliphatic rings. The summed E-state index contributed by atoms with van der Waals surface area (Å²) in [5.41, 5.74) is 0. The maximum absolute atomic E-state index is 9.87. The van der Waals surface area contributed by atoms with Crippen LogP contribution in [0.5, 0.6) is 0 Å². The van der Waals surface area contributed by atoms with Crippen LogP contribution in [0.4, 0.5) is 0 Å². The van der Waals surface area contributed by atoms with Gasteiger partial charge in [0.1, 0.15) is 0 Å². The zero-order valence-corrected chi connectivity index (χ0v) is 8.66. The van der Waals surface area contributed by atoms with Crippen LogP contribution < -0.4 is 5.32 Å². The van der Waals surface area contributed by atoms with Crippen LogP contribution in [-0.2, 0) is 0 Å². The lowest BCUT2D eigenvalue weighted by molar-refractivity contribution is 0.00771. The van der Waals surface area contributed by atoms with Crippen molar-refractivity contribution in [2.45, 2.75) is 57.7 Å². The normalized spacial score (nSPS) is 51.5. The summed E-state index contributed by atoms with van der Waals surface area (Å²) in [6, 6.07) is 1.22. The van der Waals surface area contributed by atoms with E-state index in [1.54, 1.807) is 0 Å². The van der Waals surface area contributed by atoms with Gasteiger partial charge in [0.25, 0.3) is 0 Å². The first-order valence-electron chi connectivity index (χ1n) is 5.62. The van der Waals surface area contributed by atoms with Crippen LogP contribution in [0.2, 0.25) is 0 Å². The second-order valence-electron chi connectivity index (χ2n) is 4.94. The molecule has 1 saturated carbocycles. The summed E-state index contributed by atoms with van der Waals surface area (Å²) in [5, 5.41) is 13.5. The van der Waals surface area contributed by atoms with Crippen LogP contribution >= 0.6 is 0 Å². The van der Waals surface area contributed by atoms with E-state index < -0.39 is 0 Å². The Morgan fingerprint density at radius 2 is 2.00 bits per heavy atom. The molecule has 0 amide bonds. The second kappa shape index (κ2) is 3.58. The minimum atomic E-state index is -0.0406. The lowest BCUT2D eigenvalue weighted by atomic mass is 9.73. The van der Waals surface area contributed by atoms with E-state index in [0.717, 1.165) is 6.42 Å². The van der Waals surface area contributed by atoms with Crippen molar-refractivity contribution < 1.29 is 5.11 Å². The van der Waals surface area contributed by atoms with Gasteiger partial charge in [-0.3, -0.25) is 0 Å². The fraction of sp³-hybridized carbons (Fsp3) is 1.00. The van der Waals surface area contributed by atoms with Gasteiger partial charge in [-0.05, 0) is 38.5 Å². The number of nitrogens with one attached hydrogen (secondary N) is 1. The smallest absolute Gasteiger partial charge is 0.0583 e. The molecule has 5 atom stereocenters. The topological polar surface area (TPSA) is 32.3 Å². The molecular formula is C11H21NO. The average molecular weight is 183 g/mol. The first-order valence-corrected chi connectivity index (χ1v) is 5.62. The van der Waals surface area contributed by atoms with Crippen LogP contribution in [0.3, 0.4) is 0 Å². The van der Waals surface area contributed by atoms with Gasteiger partial charge in [-0.2, -0.15) is 0 Å². The Bertz CT molecular complexity index is 183. The fourth-order valence-electron chi connectivity index (χ4n) is 2.91. The predicted molar refractivity (Wildman–Crippen MR) is 53.5 cm³/mol. The molecule has 0 aromatic heterocycles. The lowest BCUT2D eigenvalue weighted by Gasteiger charge is -2.45. The second-order valence-corrected chi connectivity index (χ2v) is 4.94. The molecule has 2 nitrogen and oxygen atoms in total. The highest BCUT2D eigenvalue weighted by Gasteiger charge is 2.38. The van der Waals surface area contributed by atoms with Crippen molar-refractivity contribution >= 4 is 0 Å². The Morgan fingerprint density at radius 1 is 1.23 bits per heavy atom. The van der Waals surface area contributed by atoms with E-state index in [1.165, 1.54) is 19.3 Å². The lowest BCUT2D eigenvalue weighted by Crippen LogP contribution is -2.55. The maximum Gasteiger partial charge on any atom is 0.0583 e. The third-order valence-electron chi connectivity index (χ3n) is 4.00. The van der Waals surface area contributed by atoms with Gasteiger partial charge in [0, 0.05) is 18.0 Å². The molecule has 1 saturated heterocycles. The molecule has 1 heterocycles. The van der Waals surface area contributed by atoms with Crippen molar-refractivity contribution in [1.82, 2.24) is 5.32 Å². The Labute approximate surface area is 80.7 Å². The van der Waals surface area contributed by atoms with E-state index in [9.17, 15) is 5.11 Å². The Kier molecular flexibility index (Phi) is 2.61. The number of piperidine rings is 1. The summed E-state index contributed by atoms with van der Waals surface area (Å²) in [4.78, 5) is 0. The van der Waals surface area contributed by atoms with Gasteiger partial charge in [0.15, 0.2) is 0 Å². The fourth-order valence-corrected chi connectivity index (χ4v) is 2.91. The summed E-state index contributed by atoms with van der Waals surface area (Å²) in [7, 11) is 0. The average Bonchev–Trinajstić information content (AvgIpc) is 2.09. The van der Waals surface area contributed by atoms with Gasteiger partial charge in [-0.25, -0.2) is 0 Å². The van der Waals surface area contributed by atoms with E-state index in [0.29, 0.717) is 23.9 Å². The largest absolute Gasteiger partial charge is 0.393 e. The van der Waals surface area contributed by atoms with E-state index in [1.807, 2.05) is 0 Å². The van der Waals surface area contributed by atoms with Gasteiger partial charge in [0.05, 0.1) is 6.10 Å². The maximum atomic E-state index is 9.87. The molecule has 1 aliphatic carbocycles. The number of hydrogen-bond donors (Lipinski definition) is 2. The summed E-state index contributed by atoms with van der Waals surface area (Å²) in [6.45, 7) is 4.55. The number of rotatable bonds is 0. The zero-order valence-electron chi connectivity index (χ0n) is 8.66. The number of aliphatic hydroxyl groups excluding tert-OH is 1. The Hall–Kier alpha value is -0.0800.